The first-order chi connectivity index (χ1) is 10.7. The molecule has 1 aromatic carbocycles. The molecular formula is C18H21N3O. The van der Waals surface area contributed by atoms with E-state index in [1.54, 1.807) is 4.68 Å². The van der Waals surface area contributed by atoms with E-state index in [9.17, 15) is 4.79 Å². The maximum absolute atomic E-state index is 12.6. The van der Waals surface area contributed by atoms with Crippen LogP contribution < -0.4 is 0 Å². The number of nitrogens with zero attached hydrogens (tertiary/aromatic N) is 3. The van der Waals surface area contributed by atoms with Crippen LogP contribution in [-0.2, 0) is 6.54 Å². The van der Waals surface area contributed by atoms with Crippen molar-refractivity contribution in [2.75, 3.05) is 0 Å². The van der Waals surface area contributed by atoms with E-state index in [0.29, 0.717) is 12.6 Å². The molecule has 0 unspecified atom stereocenters. The van der Waals surface area contributed by atoms with Crippen molar-refractivity contribution in [2.45, 2.75) is 51.6 Å². The molecule has 0 saturated heterocycles. The highest BCUT2D eigenvalue weighted by Crippen LogP contribution is 2.30. The van der Waals surface area contributed by atoms with Gasteiger partial charge >= 0.3 is 6.03 Å². The van der Waals surface area contributed by atoms with E-state index in [1.165, 1.54) is 24.8 Å². The minimum Gasteiger partial charge on any atom is -0.314 e. The number of rotatable bonds is 2. The van der Waals surface area contributed by atoms with E-state index in [2.05, 4.69) is 42.4 Å². The Morgan fingerprint density at radius 2 is 1.82 bits per heavy atom. The maximum atomic E-state index is 12.6. The van der Waals surface area contributed by atoms with Crippen molar-refractivity contribution < 1.29 is 4.79 Å². The predicted octanol–water partition coefficient (Wildman–Crippen LogP) is 3.97. The van der Waals surface area contributed by atoms with Crippen LogP contribution in [0.15, 0.2) is 30.3 Å². The number of carbonyl (C=O) groups excluding carboxylic acids is 1. The van der Waals surface area contributed by atoms with Crippen LogP contribution in [0.3, 0.4) is 0 Å². The normalized spacial score (nSPS) is 18.8. The van der Waals surface area contributed by atoms with Crippen LogP contribution in [0.2, 0.25) is 0 Å². The zero-order chi connectivity index (χ0) is 15.1. The average molecular weight is 295 g/mol. The Kier molecular flexibility index (Phi) is 3.25. The lowest BCUT2D eigenvalue weighted by molar-refractivity contribution is 0.165. The van der Waals surface area contributed by atoms with Gasteiger partial charge in [-0.15, -0.1) is 0 Å². The van der Waals surface area contributed by atoms with Gasteiger partial charge in [0.2, 0.25) is 0 Å². The molecule has 1 amide bonds. The molecule has 0 bridgehead atoms. The lowest BCUT2D eigenvalue weighted by Gasteiger charge is -2.30. The van der Waals surface area contributed by atoms with E-state index in [1.807, 2.05) is 4.90 Å². The lowest BCUT2D eigenvalue weighted by Crippen LogP contribution is -2.38. The summed E-state index contributed by atoms with van der Waals surface area (Å²) in [5.74, 6) is 0. The number of aromatic nitrogens is 2. The summed E-state index contributed by atoms with van der Waals surface area (Å²) < 4.78 is 1.60. The van der Waals surface area contributed by atoms with Gasteiger partial charge in [0.15, 0.2) is 0 Å². The minimum atomic E-state index is 0.0558. The second-order valence-corrected chi connectivity index (χ2v) is 6.50. The smallest absolute Gasteiger partial charge is 0.314 e. The third-order valence-electron chi connectivity index (χ3n) is 4.91. The van der Waals surface area contributed by atoms with Gasteiger partial charge in [0, 0.05) is 11.6 Å². The molecule has 2 aliphatic rings. The molecule has 4 nitrogen and oxygen atoms in total. The quantitative estimate of drug-likeness (QED) is 0.840. The van der Waals surface area contributed by atoms with Crippen LogP contribution in [0, 0.1) is 6.92 Å². The summed E-state index contributed by atoms with van der Waals surface area (Å²) in [5, 5.41) is 4.54. The molecule has 1 aliphatic heterocycles. The van der Waals surface area contributed by atoms with Gasteiger partial charge < -0.3 is 4.90 Å². The first-order valence-corrected chi connectivity index (χ1v) is 8.19. The molecule has 0 spiro atoms. The van der Waals surface area contributed by atoms with E-state index < -0.39 is 0 Å². The summed E-state index contributed by atoms with van der Waals surface area (Å²) in [6, 6.07) is 10.8. The number of fused-ring (bicyclic) bond motifs is 1. The van der Waals surface area contributed by atoms with Crippen molar-refractivity contribution in [3.8, 4) is 11.3 Å². The standard InChI is InChI=1S/C18H21N3O/c1-13-7-9-14(10-8-13)17-11-16-12-20(18(22)21(16)19-17)15-5-3-2-4-6-15/h7-11,15H,2-6,12H2,1H3. The zero-order valence-electron chi connectivity index (χ0n) is 13.0. The number of amides is 1. The Balaban J connectivity index is 1.58. The molecule has 1 saturated carbocycles. The Labute approximate surface area is 130 Å². The fraction of sp³-hybridized carbons (Fsp3) is 0.444. The molecule has 1 fully saturated rings. The fourth-order valence-corrected chi connectivity index (χ4v) is 3.61. The van der Waals surface area contributed by atoms with Crippen molar-refractivity contribution in [2.24, 2.45) is 0 Å². The van der Waals surface area contributed by atoms with E-state index in [0.717, 1.165) is 29.8 Å². The van der Waals surface area contributed by atoms with Crippen LogP contribution >= 0.6 is 0 Å². The van der Waals surface area contributed by atoms with Gasteiger partial charge in [-0.3, -0.25) is 0 Å². The molecule has 114 valence electrons. The predicted molar refractivity (Wildman–Crippen MR) is 85.6 cm³/mol. The van der Waals surface area contributed by atoms with Crippen molar-refractivity contribution in [3.05, 3.63) is 41.6 Å². The van der Waals surface area contributed by atoms with E-state index in [4.69, 9.17) is 0 Å². The maximum Gasteiger partial charge on any atom is 0.345 e. The Morgan fingerprint density at radius 3 is 2.50 bits per heavy atom. The van der Waals surface area contributed by atoms with Gasteiger partial charge in [0.1, 0.15) is 0 Å². The first kappa shape index (κ1) is 13.6. The second kappa shape index (κ2) is 5.27. The highest BCUT2D eigenvalue weighted by molar-refractivity contribution is 5.81. The van der Waals surface area contributed by atoms with Gasteiger partial charge in [0.05, 0.1) is 17.9 Å². The van der Waals surface area contributed by atoms with Crippen molar-refractivity contribution in [1.29, 1.82) is 0 Å². The molecule has 4 heteroatoms. The van der Waals surface area contributed by atoms with Crippen LogP contribution in [0.5, 0.6) is 0 Å². The number of benzene rings is 1. The molecule has 0 N–H and O–H groups in total. The van der Waals surface area contributed by atoms with E-state index in [-0.39, 0.29) is 6.03 Å². The largest absolute Gasteiger partial charge is 0.345 e. The SMILES string of the molecule is Cc1ccc(-c2cc3n(n2)C(=O)N(C2CCCCC2)C3)cc1. The van der Waals surface area contributed by atoms with E-state index >= 15 is 0 Å². The monoisotopic (exact) mass is 295 g/mol. The summed E-state index contributed by atoms with van der Waals surface area (Å²) in [4.78, 5) is 14.6. The molecule has 22 heavy (non-hydrogen) atoms. The van der Waals surface area contributed by atoms with Crippen molar-refractivity contribution in [3.63, 3.8) is 0 Å². The molecule has 0 radical (unpaired) electrons. The molecule has 2 heterocycles. The topological polar surface area (TPSA) is 38.1 Å². The van der Waals surface area contributed by atoms with Crippen molar-refractivity contribution >= 4 is 6.03 Å². The zero-order valence-corrected chi connectivity index (χ0v) is 13.0. The third-order valence-corrected chi connectivity index (χ3v) is 4.91. The van der Waals surface area contributed by atoms with Crippen LogP contribution in [0.4, 0.5) is 4.79 Å². The average Bonchev–Trinajstić information content (AvgIpc) is 3.09. The molecule has 4 rings (SSSR count). The number of hydrogen-bond donors (Lipinski definition) is 0. The van der Waals surface area contributed by atoms with Gasteiger partial charge in [-0.05, 0) is 25.8 Å². The molecule has 0 atom stereocenters. The number of hydrogen-bond acceptors (Lipinski definition) is 2. The molecule has 2 aromatic rings. The van der Waals surface area contributed by atoms with Crippen LogP contribution in [0.25, 0.3) is 11.3 Å². The van der Waals surface area contributed by atoms with Crippen LogP contribution in [-0.4, -0.2) is 26.8 Å². The summed E-state index contributed by atoms with van der Waals surface area (Å²) >= 11 is 0. The summed E-state index contributed by atoms with van der Waals surface area (Å²) in [7, 11) is 0. The van der Waals surface area contributed by atoms with Crippen molar-refractivity contribution in [1.82, 2.24) is 14.7 Å². The summed E-state index contributed by atoms with van der Waals surface area (Å²) in [6.45, 7) is 2.78. The Hall–Kier alpha value is -2.10. The third kappa shape index (κ3) is 2.23. The Bertz CT molecular complexity index is 696. The second-order valence-electron chi connectivity index (χ2n) is 6.50. The summed E-state index contributed by atoms with van der Waals surface area (Å²) in [6.07, 6.45) is 6.07. The minimum absolute atomic E-state index is 0.0558. The molecular weight excluding hydrogens is 274 g/mol. The lowest BCUT2D eigenvalue weighted by atomic mass is 9.94. The number of carbonyl (C=O) groups is 1. The fourth-order valence-electron chi connectivity index (χ4n) is 3.61. The highest BCUT2D eigenvalue weighted by Gasteiger charge is 2.34. The van der Waals surface area contributed by atoms with Gasteiger partial charge in [-0.1, -0.05) is 49.1 Å². The Morgan fingerprint density at radius 1 is 1.09 bits per heavy atom. The first-order valence-electron chi connectivity index (χ1n) is 8.19. The highest BCUT2D eigenvalue weighted by atomic mass is 16.2. The number of aryl methyl sites for hydroxylation is 1. The molecule has 1 aliphatic carbocycles. The summed E-state index contributed by atoms with van der Waals surface area (Å²) in [5.41, 5.74) is 4.22. The molecule has 1 aromatic heterocycles. The van der Waals surface area contributed by atoms with Crippen LogP contribution in [0.1, 0.15) is 43.4 Å². The van der Waals surface area contributed by atoms with Gasteiger partial charge in [-0.25, -0.2) is 4.79 Å². The van der Waals surface area contributed by atoms with Gasteiger partial charge in [0.25, 0.3) is 0 Å². The van der Waals surface area contributed by atoms with Gasteiger partial charge in [-0.2, -0.15) is 9.78 Å².